The maximum atomic E-state index is 13.4. The van der Waals surface area contributed by atoms with Crippen molar-refractivity contribution in [3.8, 4) is 5.75 Å². The molecule has 1 saturated heterocycles. The third kappa shape index (κ3) is 4.60. The van der Waals surface area contributed by atoms with Crippen molar-refractivity contribution in [2.24, 2.45) is 0 Å². The number of imidazole rings is 1. The van der Waals surface area contributed by atoms with E-state index in [0.717, 1.165) is 17.5 Å². The van der Waals surface area contributed by atoms with Gasteiger partial charge in [-0.3, -0.25) is 14.0 Å². The number of hydrogen-bond donors (Lipinski definition) is 1. The zero-order valence-corrected chi connectivity index (χ0v) is 20.9. The van der Waals surface area contributed by atoms with Crippen LogP contribution in [-0.2, 0) is 16.0 Å². The molecule has 1 fully saturated rings. The predicted octanol–water partition coefficient (Wildman–Crippen LogP) is 5.10. The molecule has 2 aromatic carbocycles. The molecule has 3 heterocycles. The summed E-state index contributed by atoms with van der Waals surface area (Å²) in [7, 11) is 0. The molecule has 5 rings (SSSR count). The van der Waals surface area contributed by atoms with Gasteiger partial charge in [-0.05, 0) is 55.2 Å². The SMILES string of the molecule is CCCOc1ccc(C2C(=C(O)c3c(C)nc4ccccn34)C(=O)C(=O)N2CCc2ccccc2)cc1. The number of benzene rings is 2. The lowest BCUT2D eigenvalue weighted by molar-refractivity contribution is -0.139. The number of likely N-dealkylation sites (tertiary alicyclic amines) is 1. The van der Waals surface area contributed by atoms with E-state index in [9.17, 15) is 14.7 Å². The third-order valence-electron chi connectivity index (χ3n) is 6.62. The standard InChI is InChI=1S/C30H29N3O4/c1-3-19-37-23-14-12-22(13-15-23)27-25(28(34)26-20(2)31-24-11-7-8-17-32(24)26)29(35)30(36)33(27)18-16-21-9-5-4-6-10-21/h4-15,17,27,34H,3,16,18-19H2,1-2H3. The Bertz CT molecular complexity index is 1470. The van der Waals surface area contributed by atoms with E-state index in [1.54, 1.807) is 22.4 Å². The van der Waals surface area contributed by atoms with Gasteiger partial charge in [-0.25, -0.2) is 4.98 Å². The topological polar surface area (TPSA) is 84.1 Å². The zero-order valence-electron chi connectivity index (χ0n) is 20.9. The summed E-state index contributed by atoms with van der Waals surface area (Å²) in [4.78, 5) is 32.9. The number of pyridine rings is 1. The lowest BCUT2D eigenvalue weighted by Gasteiger charge is -2.25. The molecule has 1 aliphatic heterocycles. The average molecular weight is 496 g/mol. The van der Waals surface area contributed by atoms with Crippen LogP contribution in [0.3, 0.4) is 0 Å². The van der Waals surface area contributed by atoms with Crippen molar-refractivity contribution in [3.63, 3.8) is 0 Å². The Morgan fingerprint density at radius 3 is 2.46 bits per heavy atom. The fourth-order valence-corrected chi connectivity index (χ4v) is 4.84. The van der Waals surface area contributed by atoms with Crippen LogP contribution in [0.5, 0.6) is 5.75 Å². The number of amides is 1. The Morgan fingerprint density at radius 1 is 1.00 bits per heavy atom. The van der Waals surface area contributed by atoms with Crippen LogP contribution in [-0.4, -0.2) is 44.2 Å². The summed E-state index contributed by atoms with van der Waals surface area (Å²) in [5, 5.41) is 11.6. The van der Waals surface area contributed by atoms with E-state index in [-0.39, 0.29) is 11.3 Å². The molecule has 1 unspecified atom stereocenters. The molecular formula is C30H29N3O4. The van der Waals surface area contributed by atoms with Gasteiger partial charge in [0.2, 0.25) is 0 Å². The van der Waals surface area contributed by atoms with Crippen LogP contribution >= 0.6 is 0 Å². The number of carbonyl (C=O) groups is 2. The van der Waals surface area contributed by atoms with Crippen LogP contribution in [0.4, 0.5) is 0 Å². The van der Waals surface area contributed by atoms with Gasteiger partial charge in [-0.15, -0.1) is 0 Å². The van der Waals surface area contributed by atoms with Crippen LogP contribution < -0.4 is 4.74 Å². The maximum Gasteiger partial charge on any atom is 0.295 e. The molecular weight excluding hydrogens is 466 g/mol. The van der Waals surface area contributed by atoms with Gasteiger partial charge in [0, 0.05) is 12.7 Å². The Labute approximate surface area is 215 Å². The van der Waals surface area contributed by atoms with Crippen molar-refractivity contribution in [1.82, 2.24) is 14.3 Å². The number of fused-ring (bicyclic) bond motifs is 1. The Hall–Kier alpha value is -4.39. The van der Waals surface area contributed by atoms with Crippen molar-refractivity contribution in [2.45, 2.75) is 32.7 Å². The third-order valence-corrected chi connectivity index (χ3v) is 6.62. The number of ether oxygens (including phenoxy) is 1. The molecule has 0 aliphatic carbocycles. The van der Waals surface area contributed by atoms with E-state index in [0.29, 0.717) is 42.4 Å². The summed E-state index contributed by atoms with van der Waals surface area (Å²) in [6.45, 7) is 4.75. The Kier molecular flexibility index (Phi) is 6.77. The minimum Gasteiger partial charge on any atom is -0.505 e. The van der Waals surface area contributed by atoms with Gasteiger partial charge < -0.3 is 14.7 Å². The van der Waals surface area contributed by atoms with E-state index in [1.807, 2.05) is 79.7 Å². The van der Waals surface area contributed by atoms with Crippen molar-refractivity contribution in [3.05, 3.63) is 107 Å². The summed E-state index contributed by atoms with van der Waals surface area (Å²) in [5.74, 6) is -0.843. The normalized spacial score (nSPS) is 17.0. The molecule has 0 spiro atoms. The van der Waals surface area contributed by atoms with Crippen molar-refractivity contribution in [2.75, 3.05) is 13.2 Å². The highest BCUT2D eigenvalue weighted by molar-refractivity contribution is 6.46. The largest absolute Gasteiger partial charge is 0.505 e. The summed E-state index contributed by atoms with van der Waals surface area (Å²) in [5.41, 5.74) is 3.47. The molecule has 1 amide bonds. The molecule has 7 heteroatoms. The number of aliphatic hydroxyl groups is 1. The lowest BCUT2D eigenvalue weighted by Crippen LogP contribution is -2.31. The molecule has 188 valence electrons. The zero-order chi connectivity index (χ0) is 25.9. The van der Waals surface area contributed by atoms with Crippen molar-refractivity contribution in [1.29, 1.82) is 0 Å². The first-order valence-electron chi connectivity index (χ1n) is 12.5. The van der Waals surface area contributed by atoms with Crippen LogP contribution in [0.25, 0.3) is 11.4 Å². The summed E-state index contributed by atoms with van der Waals surface area (Å²) >= 11 is 0. The molecule has 1 aliphatic rings. The molecule has 37 heavy (non-hydrogen) atoms. The van der Waals surface area contributed by atoms with E-state index in [2.05, 4.69) is 4.98 Å². The number of Topliss-reactive ketones (excluding diaryl/α,β-unsaturated/α-hetero) is 1. The molecule has 0 bridgehead atoms. The van der Waals surface area contributed by atoms with Crippen LogP contribution in [0.2, 0.25) is 0 Å². The number of hydrogen-bond acceptors (Lipinski definition) is 5. The minimum absolute atomic E-state index is 0.0639. The molecule has 0 radical (unpaired) electrons. The Balaban J connectivity index is 1.61. The number of rotatable bonds is 8. The van der Waals surface area contributed by atoms with E-state index < -0.39 is 17.7 Å². The molecule has 1 atom stereocenters. The van der Waals surface area contributed by atoms with E-state index >= 15 is 0 Å². The number of ketones is 1. The summed E-state index contributed by atoms with van der Waals surface area (Å²) < 4.78 is 7.46. The van der Waals surface area contributed by atoms with Crippen molar-refractivity contribution < 1.29 is 19.4 Å². The predicted molar refractivity (Wildman–Crippen MR) is 141 cm³/mol. The van der Waals surface area contributed by atoms with Gasteiger partial charge in [-0.2, -0.15) is 0 Å². The number of carbonyl (C=O) groups excluding carboxylic acids is 2. The fourth-order valence-electron chi connectivity index (χ4n) is 4.84. The van der Waals surface area contributed by atoms with E-state index in [1.165, 1.54) is 0 Å². The van der Waals surface area contributed by atoms with Gasteiger partial charge in [0.15, 0.2) is 5.76 Å². The Morgan fingerprint density at radius 2 is 1.73 bits per heavy atom. The van der Waals surface area contributed by atoms with Gasteiger partial charge >= 0.3 is 0 Å². The number of aliphatic hydroxyl groups excluding tert-OH is 1. The van der Waals surface area contributed by atoms with Crippen molar-refractivity contribution >= 4 is 23.1 Å². The monoisotopic (exact) mass is 495 g/mol. The van der Waals surface area contributed by atoms with Gasteiger partial charge in [0.1, 0.15) is 17.1 Å². The van der Waals surface area contributed by atoms with Crippen LogP contribution in [0, 0.1) is 6.92 Å². The average Bonchev–Trinajstić information content (AvgIpc) is 3.39. The maximum absolute atomic E-state index is 13.4. The first-order valence-corrected chi connectivity index (χ1v) is 12.5. The van der Waals surface area contributed by atoms with Gasteiger partial charge in [0.05, 0.1) is 23.9 Å². The fraction of sp³-hybridized carbons (Fsp3) is 0.233. The van der Waals surface area contributed by atoms with Crippen LogP contribution in [0.15, 0.2) is 84.6 Å². The molecule has 1 N–H and O–H groups in total. The number of aryl methyl sites for hydroxylation is 1. The second kappa shape index (κ2) is 10.3. The van der Waals surface area contributed by atoms with E-state index in [4.69, 9.17) is 4.74 Å². The smallest absolute Gasteiger partial charge is 0.295 e. The second-order valence-electron chi connectivity index (χ2n) is 9.12. The molecule has 4 aromatic rings. The first-order chi connectivity index (χ1) is 18.0. The molecule has 0 saturated carbocycles. The summed E-state index contributed by atoms with van der Waals surface area (Å²) in [6.07, 6.45) is 3.25. The van der Waals surface area contributed by atoms with Gasteiger partial charge in [-0.1, -0.05) is 55.5 Å². The quantitative estimate of drug-likeness (QED) is 0.209. The minimum atomic E-state index is -0.738. The first kappa shape index (κ1) is 24.3. The number of aromatic nitrogens is 2. The molecule has 7 nitrogen and oxygen atoms in total. The highest BCUT2D eigenvalue weighted by atomic mass is 16.5. The summed E-state index contributed by atoms with van der Waals surface area (Å²) in [6, 6.07) is 22.0. The second-order valence-corrected chi connectivity index (χ2v) is 9.12. The van der Waals surface area contributed by atoms with Crippen LogP contribution in [0.1, 0.15) is 41.9 Å². The van der Waals surface area contributed by atoms with Gasteiger partial charge in [0.25, 0.3) is 11.7 Å². The highest BCUT2D eigenvalue weighted by Gasteiger charge is 2.46. The lowest BCUT2D eigenvalue weighted by atomic mass is 9.96. The highest BCUT2D eigenvalue weighted by Crippen LogP contribution is 2.40. The molecule has 2 aromatic heterocycles. The number of nitrogens with zero attached hydrogens (tertiary/aromatic N) is 3.